The number of aryl methyl sites for hydroxylation is 2. The van der Waals surface area contributed by atoms with Crippen LogP contribution in [0.1, 0.15) is 31.7 Å². The Morgan fingerprint density at radius 3 is 2.50 bits per heavy atom. The molecule has 1 amide bonds. The summed E-state index contributed by atoms with van der Waals surface area (Å²) in [5.41, 5.74) is 2.16. The summed E-state index contributed by atoms with van der Waals surface area (Å²) in [6.07, 6.45) is 0.782. The van der Waals surface area contributed by atoms with E-state index in [1.807, 2.05) is 20.8 Å². The Labute approximate surface area is 118 Å². The average molecular weight is 282 g/mol. The van der Waals surface area contributed by atoms with E-state index < -0.39 is 5.97 Å². The highest BCUT2D eigenvalue weighted by Crippen LogP contribution is 2.16. The molecule has 0 spiro atoms. The lowest BCUT2D eigenvalue weighted by Crippen LogP contribution is -2.42. The zero-order valence-corrected chi connectivity index (χ0v) is 12.4. The van der Waals surface area contributed by atoms with Gasteiger partial charge >= 0.3 is 5.97 Å². The predicted octanol–water partition coefficient (Wildman–Crippen LogP) is 1.15. The summed E-state index contributed by atoms with van der Waals surface area (Å²) < 4.78 is 0. The molecule has 0 saturated carbocycles. The maximum absolute atomic E-state index is 12.0. The standard InChI is InChI=1S/C13H22N4O3/c1-5-8(2)17(7-12(19)20)6-11(18)14-13-9(3)15-16-10(13)4/h8H,5-7H2,1-4H3,(H,14,18)(H,15,16)(H,19,20). The number of H-pyrrole nitrogens is 1. The van der Waals surface area contributed by atoms with Crippen molar-refractivity contribution in [1.82, 2.24) is 15.1 Å². The largest absolute Gasteiger partial charge is 0.480 e. The van der Waals surface area contributed by atoms with Gasteiger partial charge in [-0.25, -0.2) is 0 Å². The summed E-state index contributed by atoms with van der Waals surface area (Å²) in [5.74, 6) is -1.17. The lowest BCUT2D eigenvalue weighted by atomic mass is 10.2. The predicted molar refractivity (Wildman–Crippen MR) is 75.7 cm³/mol. The number of nitrogens with zero attached hydrogens (tertiary/aromatic N) is 2. The van der Waals surface area contributed by atoms with Gasteiger partial charge in [0, 0.05) is 6.04 Å². The topological polar surface area (TPSA) is 98.3 Å². The van der Waals surface area contributed by atoms with Crippen molar-refractivity contribution >= 4 is 17.6 Å². The van der Waals surface area contributed by atoms with E-state index in [1.54, 1.807) is 11.8 Å². The van der Waals surface area contributed by atoms with Crippen LogP contribution in [-0.2, 0) is 9.59 Å². The van der Waals surface area contributed by atoms with Gasteiger partial charge in [-0.3, -0.25) is 19.6 Å². The van der Waals surface area contributed by atoms with Crippen molar-refractivity contribution in [2.75, 3.05) is 18.4 Å². The number of rotatable bonds is 7. The maximum Gasteiger partial charge on any atom is 0.317 e. The Morgan fingerprint density at radius 2 is 2.05 bits per heavy atom. The van der Waals surface area contributed by atoms with Crippen molar-refractivity contribution in [3.8, 4) is 0 Å². The van der Waals surface area contributed by atoms with Crippen LogP contribution >= 0.6 is 0 Å². The molecule has 1 heterocycles. The third-order valence-electron chi connectivity index (χ3n) is 3.29. The molecule has 1 aromatic heterocycles. The van der Waals surface area contributed by atoms with E-state index in [9.17, 15) is 9.59 Å². The van der Waals surface area contributed by atoms with Gasteiger partial charge < -0.3 is 10.4 Å². The number of carbonyl (C=O) groups is 2. The molecule has 0 bridgehead atoms. The molecule has 1 atom stereocenters. The van der Waals surface area contributed by atoms with Crippen molar-refractivity contribution in [2.24, 2.45) is 0 Å². The fraction of sp³-hybridized carbons (Fsp3) is 0.615. The van der Waals surface area contributed by atoms with Crippen LogP contribution in [0, 0.1) is 13.8 Å². The summed E-state index contributed by atoms with van der Waals surface area (Å²) in [7, 11) is 0. The van der Waals surface area contributed by atoms with E-state index in [2.05, 4.69) is 15.5 Å². The van der Waals surface area contributed by atoms with E-state index >= 15 is 0 Å². The van der Waals surface area contributed by atoms with Gasteiger partial charge in [-0.05, 0) is 27.2 Å². The summed E-state index contributed by atoms with van der Waals surface area (Å²) in [6.45, 7) is 7.38. The number of carboxylic acid groups (broad SMARTS) is 1. The number of amides is 1. The second kappa shape index (κ2) is 7.04. The fourth-order valence-electron chi connectivity index (χ4n) is 1.90. The number of nitrogens with one attached hydrogen (secondary N) is 2. The number of hydrogen-bond donors (Lipinski definition) is 3. The molecular weight excluding hydrogens is 260 g/mol. The first-order valence-electron chi connectivity index (χ1n) is 6.62. The molecule has 112 valence electrons. The summed E-state index contributed by atoms with van der Waals surface area (Å²) in [5, 5.41) is 18.5. The minimum absolute atomic E-state index is 0.0309. The molecule has 7 heteroatoms. The van der Waals surface area contributed by atoms with E-state index in [4.69, 9.17) is 5.11 Å². The number of hydrogen-bond acceptors (Lipinski definition) is 4. The van der Waals surface area contributed by atoms with Gasteiger partial charge in [-0.1, -0.05) is 6.92 Å². The van der Waals surface area contributed by atoms with Gasteiger partial charge in [0.2, 0.25) is 5.91 Å². The average Bonchev–Trinajstić information content (AvgIpc) is 2.68. The Morgan fingerprint density at radius 1 is 1.40 bits per heavy atom. The summed E-state index contributed by atoms with van der Waals surface area (Å²) in [4.78, 5) is 24.5. The third kappa shape index (κ3) is 4.34. The van der Waals surface area contributed by atoms with E-state index in [0.717, 1.165) is 12.1 Å². The first-order chi connectivity index (χ1) is 9.35. The number of anilines is 1. The highest BCUT2D eigenvalue weighted by atomic mass is 16.4. The van der Waals surface area contributed by atoms with Crippen molar-refractivity contribution < 1.29 is 14.7 Å². The van der Waals surface area contributed by atoms with Crippen LogP contribution in [0.2, 0.25) is 0 Å². The number of aromatic amines is 1. The SMILES string of the molecule is CCC(C)N(CC(=O)O)CC(=O)Nc1c(C)n[nH]c1C. The van der Waals surface area contributed by atoms with Gasteiger partial charge in [0.25, 0.3) is 0 Å². The molecule has 0 aliphatic carbocycles. The van der Waals surface area contributed by atoms with E-state index in [0.29, 0.717) is 11.4 Å². The van der Waals surface area contributed by atoms with E-state index in [1.165, 1.54) is 0 Å². The van der Waals surface area contributed by atoms with Crippen molar-refractivity contribution in [3.05, 3.63) is 11.4 Å². The van der Waals surface area contributed by atoms with Crippen LogP contribution in [0.4, 0.5) is 5.69 Å². The van der Waals surface area contributed by atoms with Crippen LogP contribution in [0.15, 0.2) is 0 Å². The molecule has 0 radical (unpaired) electrons. The molecular formula is C13H22N4O3. The van der Waals surface area contributed by atoms with Crippen molar-refractivity contribution in [3.63, 3.8) is 0 Å². The molecule has 20 heavy (non-hydrogen) atoms. The molecule has 1 aromatic rings. The monoisotopic (exact) mass is 282 g/mol. The summed E-state index contributed by atoms with van der Waals surface area (Å²) >= 11 is 0. The Bertz CT molecular complexity index is 464. The minimum Gasteiger partial charge on any atom is -0.480 e. The smallest absolute Gasteiger partial charge is 0.317 e. The quantitative estimate of drug-likeness (QED) is 0.697. The number of carbonyl (C=O) groups excluding carboxylic acids is 1. The van der Waals surface area contributed by atoms with Gasteiger partial charge in [0.15, 0.2) is 0 Å². The van der Waals surface area contributed by atoms with Gasteiger partial charge in [-0.15, -0.1) is 0 Å². The normalized spacial score (nSPS) is 12.4. The van der Waals surface area contributed by atoms with Crippen LogP contribution in [0.5, 0.6) is 0 Å². The fourth-order valence-corrected chi connectivity index (χ4v) is 1.90. The van der Waals surface area contributed by atoms with Crippen molar-refractivity contribution in [1.29, 1.82) is 0 Å². The van der Waals surface area contributed by atoms with Gasteiger partial charge in [0.1, 0.15) is 0 Å². The van der Waals surface area contributed by atoms with Gasteiger partial charge in [0.05, 0.1) is 30.2 Å². The van der Waals surface area contributed by atoms with Crippen LogP contribution in [0.3, 0.4) is 0 Å². The van der Waals surface area contributed by atoms with Gasteiger partial charge in [-0.2, -0.15) is 5.10 Å². The maximum atomic E-state index is 12.0. The first-order valence-corrected chi connectivity index (χ1v) is 6.62. The molecule has 0 aliphatic heterocycles. The first kappa shape index (κ1) is 16.2. The Hall–Kier alpha value is -1.89. The number of aliphatic carboxylic acids is 1. The highest BCUT2D eigenvalue weighted by Gasteiger charge is 2.20. The Kier molecular flexibility index (Phi) is 5.69. The number of aromatic nitrogens is 2. The second-order valence-electron chi connectivity index (χ2n) is 4.91. The van der Waals surface area contributed by atoms with Crippen LogP contribution < -0.4 is 5.32 Å². The molecule has 3 N–H and O–H groups in total. The van der Waals surface area contributed by atoms with Crippen LogP contribution in [-0.4, -0.2) is 51.2 Å². The Balaban J connectivity index is 2.69. The molecule has 1 rings (SSSR count). The number of carboxylic acids is 1. The van der Waals surface area contributed by atoms with Crippen molar-refractivity contribution in [2.45, 2.75) is 40.2 Å². The molecule has 0 saturated heterocycles. The lowest BCUT2D eigenvalue weighted by Gasteiger charge is -2.25. The lowest BCUT2D eigenvalue weighted by molar-refractivity contribution is -0.139. The second-order valence-corrected chi connectivity index (χ2v) is 4.91. The van der Waals surface area contributed by atoms with Crippen LogP contribution in [0.25, 0.3) is 0 Å². The molecule has 7 nitrogen and oxygen atoms in total. The third-order valence-corrected chi connectivity index (χ3v) is 3.29. The molecule has 1 unspecified atom stereocenters. The molecule has 0 fully saturated rings. The van der Waals surface area contributed by atoms with E-state index in [-0.39, 0.29) is 25.0 Å². The highest BCUT2D eigenvalue weighted by molar-refractivity contribution is 5.93. The zero-order valence-electron chi connectivity index (χ0n) is 12.4. The zero-order chi connectivity index (χ0) is 15.3. The minimum atomic E-state index is -0.936. The molecule has 0 aliphatic rings. The summed E-state index contributed by atoms with van der Waals surface area (Å²) in [6, 6.07) is 0.0309. The molecule has 0 aromatic carbocycles.